The molecule has 1 heterocycles. The van der Waals surface area contributed by atoms with Crippen LogP contribution in [0.1, 0.15) is 34.1 Å². The predicted octanol–water partition coefficient (Wildman–Crippen LogP) is 1.79. The van der Waals surface area contributed by atoms with E-state index in [4.69, 9.17) is 5.73 Å². The van der Waals surface area contributed by atoms with Gasteiger partial charge >= 0.3 is 0 Å². The van der Waals surface area contributed by atoms with Gasteiger partial charge in [-0.05, 0) is 45.9 Å². The second kappa shape index (κ2) is 5.31. The van der Waals surface area contributed by atoms with Crippen molar-refractivity contribution in [3.05, 3.63) is 11.8 Å². The molecule has 1 aliphatic rings. The average Bonchev–Trinajstić information content (AvgIpc) is 2.16. The zero-order valence-electron chi connectivity index (χ0n) is 10.3. The van der Waals surface area contributed by atoms with Crippen molar-refractivity contribution in [1.29, 1.82) is 0 Å². The molecular formula is C12H23N3. The Hall–Kier alpha value is -0.830. The number of hydrogen-bond donors (Lipinski definition) is 1. The normalized spacial score (nSPS) is 24.7. The van der Waals surface area contributed by atoms with E-state index in [2.05, 4.69) is 37.6 Å². The predicted molar refractivity (Wildman–Crippen MR) is 66.2 cm³/mol. The van der Waals surface area contributed by atoms with Crippen molar-refractivity contribution < 1.29 is 0 Å². The molecule has 0 atom stereocenters. The van der Waals surface area contributed by atoms with Gasteiger partial charge in [0, 0.05) is 25.2 Å². The number of aliphatic imine (C=N–C) groups is 1. The zero-order valence-corrected chi connectivity index (χ0v) is 10.3. The lowest BCUT2D eigenvalue weighted by atomic mass is 10.0. The SMILES string of the molecule is CC(C)N=C1CN(C(C)C)CC/C1=C/N. The van der Waals surface area contributed by atoms with Crippen molar-refractivity contribution in [3.8, 4) is 0 Å². The van der Waals surface area contributed by atoms with Crippen LogP contribution in [-0.4, -0.2) is 35.8 Å². The van der Waals surface area contributed by atoms with Gasteiger partial charge < -0.3 is 5.73 Å². The van der Waals surface area contributed by atoms with Crippen LogP contribution in [0.25, 0.3) is 0 Å². The number of nitrogens with zero attached hydrogens (tertiary/aromatic N) is 2. The highest BCUT2D eigenvalue weighted by atomic mass is 15.2. The lowest BCUT2D eigenvalue weighted by Gasteiger charge is -2.32. The van der Waals surface area contributed by atoms with E-state index in [9.17, 15) is 0 Å². The smallest absolute Gasteiger partial charge is 0.0538 e. The number of hydrogen-bond acceptors (Lipinski definition) is 3. The molecule has 0 unspecified atom stereocenters. The molecule has 1 saturated heterocycles. The first-order valence-electron chi connectivity index (χ1n) is 5.76. The molecule has 0 aromatic heterocycles. The van der Waals surface area contributed by atoms with Crippen LogP contribution in [0.2, 0.25) is 0 Å². The van der Waals surface area contributed by atoms with E-state index in [-0.39, 0.29) is 0 Å². The van der Waals surface area contributed by atoms with Gasteiger partial charge in [0.2, 0.25) is 0 Å². The van der Waals surface area contributed by atoms with Gasteiger partial charge in [0.05, 0.1) is 5.71 Å². The Bertz CT molecular complexity index is 264. The Kier molecular flexibility index (Phi) is 4.33. The summed E-state index contributed by atoms with van der Waals surface area (Å²) in [4.78, 5) is 7.09. The molecule has 0 saturated carbocycles. The first-order chi connectivity index (χ1) is 7.04. The van der Waals surface area contributed by atoms with Gasteiger partial charge in [-0.2, -0.15) is 0 Å². The van der Waals surface area contributed by atoms with Crippen LogP contribution in [0, 0.1) is 0 Å². The highest BCUT2D eigenvalue weighted by Crippen LogP contribution is 2.16. The summed E-state index contributed by atoms with van der Waals surface area (Å²) in [5, 5.41) is 0. The van der Waals surface area contributed by atoms with Gasteiger partial charge in [-0.15, -0.1) is 0 Å². The molecule has 1 aliphatic heterocycles. The van der Waals surface area contributed by atoms with E-state index < -0.39 is 0 Å². The highest BCUT2D eigenvalue weighted by Gasteiger charge is 2.21. The molecule has 0 aromatic rings. The molecule has 1 rings (SSSR count). The first-order valence-corrected chi connectivity index (χ1v) is 5.76. The molecule has 0 radical (unpaired) electrons. The van der Waals surface area contributed by atoms with E-state index in [1.54, 1.807) is 6.20 Å². The van der Waals surface area contributed by atoms with Gasteiger partial charge in [0.25, 0.3) is 0 Å². The third kappa shape index (κ3) is 3.34. The molecular weight excluding hydrogens is 186 g/mol. The first kappa shape index (κ1) is 12.2. The van der Waals surface area contributed by atoms with Gasteiger partial charge in [0.1, 0.15) is 0 Å². The van der Waals surface area contributed by atoms with E-state index in [1.807, 2.05) is 0 Å². The van der Waals surface area contributed by atoms with Crippen LogP contribution in [0.5, 0.6) is 0 Å². The van der Waals surface area contributed by atoms with Crippen molar-refractivity contribution in [3.63, 3.8) is 0 Å². The number of nitrogens with two attached hydrogens (primary N) is 1. The van der Waals surface area contributed by atoms with Crippen LogP contribution in [-0.2, 0) is 0 Å². The lowest BCUT2D eigenvalue weighted by molar-refractivity contribution is 0.248. The second-order valence-electron chi connectivity index (χ2n) is 4.68. The molecule has 3 nitrogen and oxygen atoms in total. The molecule has 86 valence electrons. The quantitative estimate of drug-likeness (QED) is 0.753. The number of likely N-dealkylation sites (tertiary alicyclic amines) is 1. The van der Waals surface area contributed by atoms with Gasteiger partial charge in [-0.1, -0.05) is 0 Å². The summed E-state index contributed by atoms with van der Waals surface area (Å²) in [5.74, 6) is 0. The van der Waals surface area contributed by atoms with Crippen molar-refractivity contribution >= 4 is 5.71 Å². The van der Waals surface area contributed by atoms with E-state index in [0.717, 1.165) is 19.5 Å². The van der Waals surface area contributed by atoms with E-state index in [0.29, 0.717) is 12.1 Å². The van der Waals surface area contributed by atoms with E-state index in [1.165, 1.54) is 11.3 Å². The van der Waals surface area contributed by atoms with Crippen molar-refractivity contribution in [1.82, 2.24) is 4.90 Å². The fraction of sp³-hybridized carbons (Fsp3) is 0.750. The molecule has 2 N–H and O–H groups in total. The lowest BCUT2D eigenvalue weighted by Crippen LogP contribution is -2.41. The topological polar surface area (TPSA) is 41.6 Å². The Morgan fingerprint density at radius 2 is 2.00 bits per heavy atom. The largest absolute Gasteiger partial charge is 0.404 e. The maximum absolute atomic E-state index is 5.63. The minimum Gasteiger partial charge on any atom is -0.404 e. The van der Waals surface area contributed by atoms with Gasteiger partial charge in [0.15, 0.2) is 0 Å². The highest BCUT2D eigenvalue weighted by molar-refractivity contribution is 6.02. The van der Waals surface area contributed by atoms with Crippen molar-refractivity contribution in [2.45, 2.75) is 46.2 Å². The summed E-state index contributed by atoms with van der Waals surface area (Å²) in [5.41, 5.74) is 8.03. The number of rotatable bonds is 2. The molecule has 15 heavy (non-hydrogen) atoms. The molecule has 0 spiro atoms. The molecule has 0 aliphatic carbocycles. The van der Waals surface area contributed by atoms with Gasteiger partial charge in [-0.3, -0.25) is 9.89 Å². The fourth-order valence-corrected chi connectivity index (χ4v) is 1.84. The van der Waals surface area contributed by atoms with Crippen LogP contribution >= 0.6 is 0 Å². The minimum atomic E-state index is 0.349. The second-order valence-corrected chi connectivity index (χ2v) is 4.68. The molecule has 1 fully saturated rings. The third-order valence-corrected chi connectivity index (χ3v) is 2.74. The summed E-state index contributed by atoms with van der Waals surface area (Å²) in [6.07, 6.45) is 2.75. The van der Waals surface area contributed by atoms with E-state index >= 15 is 0 Å². The summed E-state index contributed by atoms with van der Waals surface area (Å²) < 4.78 is 0. The fourth-order valence-electron chi connectivity index (χ4n) is 1.84. The summed E-state index contributed by atoms with van der Waals surface area (Å²) >= 11 is 0. The van der Waals surface area contributed by atoms with Crippen LogP contribution < -0.4 is 5.73 Å². The molecule has 0 amide bonds. The summed E-state index contributed by atoms with van der Waals surface area (Å²) in [6, 6.07) is 0.934. The standard InChI is InChI=1S/C12H23N3/c1-9(2)14-12-8-15(10(3)4)6-5-11(12)7-13/h7,9-10H,5-6,8,13H2,1-4H3/b11-7-,14-12?. The maximum atomic E-state index is 5.63. The monoisotopic (exact) mass is 209 g/mol. The molecule has 0 bridgehead atoms. The zero-order chi connectivity index (χ0) is 11.4. The Balaban J connectivity index is 2.79. The minimum absolute atomic E-state index is 0.349. The Morgan fingerprint density at radius 3 is 2.47 bits per heavy atom. The van der Waals surface area contributed by atoms with Crippen LogP contribution in [0.3, 0.4) is 0 Å². The average molecular weight is 209 g/mol. The number of piperidine rings is 1. The molecule has 0 aromatic carbocycles. The Labute approximate surface area is 93.1 Å². The van der Waals surface area contributed by atoms with Crippen molar-refractivity contribution in [2.24, 2.45) is 10.7 Å². The van der Waals surface area contributed by atoms with Crippen LogP contribution in [0.4, 0.5) is 0 Å². The van der Waals surface area contributed by atoms with Crippen molar-refractivity contribution in [2.75, 3.05) is 13.1 Å². The molecule has 3 heteroatoms. The third-order valence-electron chi connectivity index (χ3n) is 2.74. The summed E-state index contributed by atoms with van der Waals surface area (Å²) in [6.45, 7) is 10.7. The summed E-state index contributed by atoms with van der Waals surface area (Å²) in [7, 11) is 0. The van der Waals surface area contributed by atoms with Gasteiger partial charge in [-0.25, -0.2) is 0 Å². The Morgan fingerprint density at radius 1 is 1.33 bits per heavy atom. The van der Waals surface area contributed by atoms with Crippen LogP contribution in [0.15, 0.2) is 16.8 Å². The maximum Gasteiger partial charge on any atom is 0.0538 e.